The van der Waals surface area contributed by atoms with Crippen LogP contribution in [0.1, 0.15) is 48.0 Å². The van der Waals surface area contributed by atoms with E-state index in [2.05, 4.69) is 16.0 Å². The van der Waals surface area contributed by atoms with Crippen LogP contribution in [0, 0.1) is 0 Å². The summed E-state index contributed by atoms with van der Waals surface area (Å²) >= 11 is 1.58. The summed E-state index contributed by atoms with van der Waals surface area (Å²) < 4.78 is 38.5. The molecule has 1 aliphatic carbocycles. The predicted octanol–water partition coefficient (Wildman–Crippen LogP) is 4.61. The molecule has 0 spiro atoms. The third-order valence-corrected chi connectivity index (χ3v) is 6.32. The number of anilines is 1. The number of carbonyl (C=O) groups is 3. The van der Waals surface area contributed by atoms with Gasteiger partial charge in [-0.25, -0.2) is 0 Å². The first kappa shape index (κ1) is 25.6. The third-order valence-electron chi connectivity index (χ3n) is 5.58. The van der Waals surface area contributed by atoms with Crippen molar-refractivity contribution in [2.24, 2.45) is 0 Å². The Morgan fingerprint density at radius 1 is 0.941 bits per heavy atom. The van der Waals surface area contributed by atoms with Crippen molar-refractivity contribution in [3.8, 4) is 0 Å². The monoisotopic (exact) mass is 493 g/mol. The SMILES string of the molecule is CSc1ccc(C(=O)N[C@@H]2CCCC[C@@H]2NC(=O)CC(=O)Nc2cccc(C(F)(F)F)c2)cc1. The molecule has 1 fully saturated rings. The van der Waals surface area contributed by atoms with Crippen LogP contribution in [0.2, 0.25) is 0 Å². The molecule has 0 aliphatic heterocycles. The third kappa shape index (κ3) is 7.24. The Hall–Kier alpha value is -3.01. The number of carbonyl (C=O) groups excluding carboxylic acids is 3. The highest BCUT2D eigenvalue weighted by atomic mass is 32.2. The number of benzene rings is 2. The molecule has 3 N–H and O–H groups in total. The Morgan fingerprint density at radius 3 is 2.21 bits per heavy atom. The van der Waals surface area contributed by atoms with Crippen molar-refractivity contribution in [2.75, 3.05) is 11.6 Å². The standard InChI is InChI=1S/C24H26F3N3O3S/c1-34-18-11-9-15(10-12-18)23(33)30-20-8-3-2-7-19(20)29-22(32)14-21(31)28-17-6-4-5-16(13-17)24(25,26)27/h4-6,9-13,19-20H,2-3,7-8,14H2,1H3,(H,28,31)(H,29,32)(H,30,33)/t19-,20+/m0/s1. The van der Waals surface area contributed by atoms with Crippen LogP contribution in [0.25, 0.3) is 0 Å². The van der Waals surface area contributed by atoms with E-state index in [0.29, 0.717) is 18.4 Å². The lowest BCUT2D eigenvalue weighted by atomic mass is 9.90. The molecule has 2 aromatic rings. The van der Waals surface area contributed by atoms with Crippen LogP contribution in [0.4, 0.5) is 18.9 Å². The molecular weight excluding hydrogens is 467 g/mol. The number of nitrogens with one attached hydrogen (secondary N) is 3. The van der Waals surface area contributed by atoms with Crippen LogP contribution in [-0.4, -0.2) is 36.1 Å². The molecule has 3 amide bonds. The molecule has 10 heteroatoms. The number of alkyl halides is 3. The second kappa shape index (κ2) is 11.4. The van der Waals surface area contributed by atoms with Gasteiger partial charge in [0.2, 0.25) is 11.8 Å². The number of hydrogen-bond donors (Lipinski definition) is 3. The van der Waals surface area contributed by atoms with Crippen molar-refractivity contribution in [1.82, 2.24) is 10.6 Å². The van der Waals surface area contributed by atoms with Gasteiger partial charge in [-0.3, -0.25) is 14.4 Å². The fourth-order valence-electron chi connectivity index (χ4n) is 3.85. The van der Waals surface area contributed by atoms with E-state index in [1.807, 2.05) is 18.4 Å². The molecule has 0 unspecified atom stereocenters. The van der Waals surface area contributed by atoms with E-state index in [1.54, 1.807) is 23.9 Å². The minimum Gasteiger partial charge on any atom is -0.351 e. The molecule has 182 valence electrons. The zero-order valence-electron chi connectivity index (χ0n) is 18.6. The van der Waals surface area contributed by atoms with Gasteiger partial charge in [-0.15, -0.1) is 11.8 Å². The van der Waals surface area contributed by atoms with E-state index in [9.17, 15) is 27.6 Å². The molecule has 0 bridgehead atoms. The van der Waals surface area contributed by atoms with Gasteiger partial charge in [-0.05, 0) is 61.6 Å². The highest BCUT2D eigenvalue weighted by Crippen LogP contribution is 2.30. The van der Waals surface area contributed by atoms with E-state index in [4.69, 9.17) is 0 Å². The Kier molecular flexibility index (Phi) is 8.60. The summed E-state index contributed by atoms with van der Waals surface area (Å²) in [6.45, 7) is 0. The largest absolute Gasteiger partial charge is 0.416 e. The second-order valence-corrected chi connectivity index (χ2v) is 8.95. The number of amides is 3. The molecule has 1 aliphatic rings. The molecule has 0 aromatic heterocycles. The first-order chi connectivity index (χ1) is 16.2. The van der Waals surface area contributed by atoms with Gasteiger partial charge in [-0.2, -0.15) is 13.2 Å². The Bertz CT molecular complexity index is 1030. The van der Waals surface area contributed by atoms with Crippen molar-refractivity contribution in [3.05, 3.63) is 59.7 Å². The van der Waals surface area contributed by atoms with Gasteiger partial charge in [0.25, 0.3) is 5.91 Å². The lowest BCUT2D eigenvalue weighted by Crippen LogP contribution is -2.53. The maximum Gasteiger partial charge on any atom is 0.416 e. The highest BCUT2D eigenvalue weighted by molar-refractivity contribution is 7.98. The summed E-state index contributed by atoms with van der Waals surface area (Å²) in [6, 6.07) is 10.8. The topological polar surface area (TPSA) is 87.3 Å². The molecule has 0 radical (unpaired) electrons. The van der Waals surface area contributed by atoms with E-state index >= 15 is 0 Å². The Balaban J connectivity index is 1.54. The van der Waals surface area contributed by atoms with Gasteiger partial charge in [-0.1, -0.05) is 18.9 Å². The number of halogens is 3. The van der Waals surface area contributed by atoms with E-state index in [1.165, 1.54) is 12.1 Å². The zero-order valence-corrected chi connectivity index (χ0v) is 19.4. The average Bonchev–Trinajstić information content (AvgIpc) is 2.80. The first-order valence-corrected chi connectivity index (χ1v) is 12.1. The van der Waals surface area contributed by atoms with Crippen LogP contribution in [0.5, 0.6) is 0 Å². The quantitative estimate of drug-likeness (QED) is 0.388. The van der Waals surface area contributed by atoms with Gasteiger partial charge >= 0.3 is 6.18 Å². The molecule has 3 rings (SSSR count). The zero-order chi connectivity index (χ0) is 24.7. The fraction of sp³-hybridized carbons (Fsp3) is 0.375. The summed E-state index contributed by atoms with van der Waals surface area (Å²) in [4.78, 5) is 38.3. The van der Waals surface area contributed by atoms with Crippen molar-refractivity contribution >= 4 is 35.2 Å². The minimum atomic E-state index is -4.53. The van der Waals surface area contributed by atoms with Crippen LogP contribution < -0.4 is 16.0 Å². The molecule has 0 saturated heterocycles. The van der Waals surface area contributed by atoms with E-state index in [-0.39, 0.29) is 23.7 Å². The molecule has 2 atom stereocenters. The van der Waals surface area contributed by atoms with Gasteiger partial charge in [0.1, 0.15) is 6.42 Å². The summed E-state index contributed by atoms with van der Waals surface area (Å²) in [7, 11) is 0. The average molecular weight is 494 g/mol. The van der Waals surface area contributed by atoms with E-state index < -0.39 is 30.0 Å². The summed E-state index contributed by atoms with van der Waals surface area (Å²) in [5.41, 5.74) is -0.407. The maximum absolute atomic E-state index is 12.8. The van der Waals surface area contributed by atoms with Crippen LogP contribution in [0.3, 0.4) is 0 Å². The number of rotatable bonds is 7. The molecular formula is C24H26F3N3O3S. The summed E-state index contributed by atoms with van der Waals surface area (Å²) in [6.07, 6.45) is -0.00827. The predicted molar refractivity (Wildman–Crippen MR) is 125 cm³/mol. The van der Waals surface area contributed by atoms with Crippen LogP contribution in [0.15, 0.2) is 53.4 Å². The van der Waals surface area contributed by atoms with Gasteiger partial charge < -0.3 is 16.0 Å². The van der Waals surface area contributed by atoms with Crippen LogP contribution in [-0.2, 0) is 15.8 Å². The van der Waals surface area contributed by atoms with Crippen LogP contribution >= 0.6 is 11.8 Å². The first-order valence-electron chi connectivity index (χ1n) is 10.9. The van der Waals surface area contributed by atoms with Crippen molar-refractivity contribution in [3.63, 3.8) is 0 Å². The molecule has 34 heavy (non-hydrogen) atoms. The van der Waals surface area contributed by atoms with Gasteiger partial charge in [0, 0.05) is 28.2 Å². The summed E-state index contributed by atoms with van der Waals surface area (Å²) in [5.74, 6) is -1.51. The molecule has 1 saturated carbocycles. The number of hydrogen-bond acceptors (Lipinski definition) is 4. The molecule has 6 nitrogen and oxygen atoms in total. The van der Waals surface area contributed by atoms with Crippen molar-refractivity contribution < 1.29 is 27.6 Å². The molecule has 0 heterocycles. The molecule has 2 aromatic carbocycles. The normalized spacial score (nSPS) is 18.1. The second-order valence-electron chi connectivity index (χ2n) is 8.07. The highest BCUT2D eigenvalue weighted by Gasteiger charge is 2.31. The van der Waals surface area contributed by atoms with E-state index in [0.717, 1.165) is 29.9 Å². The van der Waals surface area contributed by atoms with Crippen molar-refractivity contribution in [1.29, 1.82) is 0 Å². The minimum absolute atomic E-state index is 0.0390. The van der Waals surface area contributed by atoms with Crippen molar-refractivity contribution in [2.45, 2.75) is 55.3 Å². The maximum atomic E-state index is 12.8. The lowest BCUT2D eigenvalue weighted by molar-refractivity contribution is -0.137. The van der Waals surface area contributed by atoms with Gasteiger partial charge in [0.15, 0.2) is 0 Å². The smallest absolute Gasteiger partial charge is 0.351 e. The fourth-order valence-corrected chi connectivity index (χ4v) is 4.26. The summed E-state index contributed by atoms with van der Waals surface area (Å²) in [5, 5.41) is 8.10. The van der Waals surface area contributed by atoms with Gasteiger partial charge in [0.05, 0.1) is 5.56 Å². The Labute approximate surface area is 200 Å². The lowest BCUT2D eigenvalue weighted by Gasteiger charge is -2.32. The number of thioether (sulfide) groups is 1. The Morgan fingerprint density at radius 2 is 1.59 bits per heavy atom.